The largest absolute Gasteiger partial charge is 0.497 e. The fraction of sp³-hybridized carbons (Fsp3) is 0.391. The van der Waals surface area contributed by atoms with Crippen molar-refractivity contribution in [1.29, 1.82) is 0 Å². The van der Waals surface area contributed by atoms with Gasteiger partial charge in [-0.1, -0.05) is 13.0 Å². The first-order chi connectivity index (χ1) is 14.5. The second-order valence-electron chi connectivity index (χ2n) is 7.15. The highest BCUT2D eigenvalue weighted by atomic mass is 16.5. The third kappa shape index (κ3) is 5.03. The van der Waals surface area contributed by atoms with E-state index in [1.807, 2.05) is 37.3 Å². The van der Waals surface area contributed by atoms with Crippen molar-refractivity contribution < 1.29 is 23.8 Å². The maximum atomic E-state index is 12.6. The average Bonchev–Trinajstić information content (AvgIpc) is 3.18. The molecule has 1 heterocycles. The normalized spacial score (nSPS) is 15.8. The molecule has 1 fully saturated rings. The Morgan fingerprint density at radius 1 is 1.10 bits per heavy atom. The topological polar surface area (TPSA) is 77.1 Å². The van der Waals surface area contributed by atoms with Crippen LogP contribution in [0.4, 0.5) is 5.69 Å². The van der Waals surface area contributed by atoms with Gasteiger partial charge in [-0.25, -0.2) is 0 Å². The summed E-state index contributed by atoms with van der Waals surface area (Å²) in [6.45, 7) is 3.38. The summed E-state index contributed by atoms with van der Waals surface area (Å²) in [5.74, 6) is 1.47. The lowest BCUT2D eigenvalue weighted by Gasteiger charge is -2.17. The van der Waals surface area contributed by atoms with E-state index in [0.717, 1.165) is 23.4 Å². The molecule has 0 aromatic heterocycles. The second-order valence-corrected chi connectivity index (χ2v) is 7.15. The molecule has 160 valence electrons. The van der Waals surface area contributed by atoms with Gasteiger partial charge in [-0.15, -0.1) is 0 Å². The first-order valence-corrected chi connectivity index (χ1v) is 10.1. The fourth-order valence-corrected chi connectivity index (χ4v) is 3.38. The SMILES string of the molecule is CCCOc1ccc(CNC(=O)C2CC(=O)N(c3ccc(OC)cc3)C2)cc1OC. The summed E-state index contributed by atoms with van der Waals surface area (Å²) >= 11 is 0. The van der Waals surface area contributed by atoms with Crippen molar-refractivity contribution in [2.75, 3.05) is 32.3 Å². The monoisotopic (exact) mass is 412 g/mol. The maximum absolute atomic E-state index is 12.6. The number of carbonyl (C=O) groups is 2. The van der Waals surface area contributed by atoms with Crippen molar-refractivity contribution in [2.45, 2.75) is 26.3 Å². The summed E-state index contributed by atoms with van der Waals surface area (Å²) < 4.78 is 16.2. The van der Waals surface area contributed by atoms with Gasteiger partial charge in [0, 0.05) is 25.2 Å². The van der Waals surface area contributed by atoms with Crippen LogP contribution in [-0.2, 0) is 16.1 Å². The quantitative estimate of drug-likeness (QED) is 0.685. The van der Waals surface area contributed by atoms with Gasteiger partial charge < -0.3 is 24.4 Å². The molecule has 2 aromatic rings. The summed E-state index contributed by atoms with van der Waals surface area (Å²) in [5.41, 5.74) is 1.67. The van der Waals surface area contributed by atoms with Gasteiger partial charge in [-0.05, 0) is 48.4 Å². The lowest BCUT2D eigenvalue weighted by Crippen LogP contribution is -2.32. The summed E-state index contributed by atoms with van der Waals surface area (Å²) in [6.07, 6.45) is 1.11. The predicted molar refractivity (Wildman–Crippen MR) is 114 cm³/mol. The molecule has 0 aliphatic carbocycles. The molecule has 2 aromatic carbocycles. The third-order valence-electron chi connectivity index (χ3n) is 5.04. The summed E-state index contributed by atoms with van der Waals surface area (Å²) in [7, 11) is 3.19. The Bertz CT molecular complexity index is 882. The Balaban J connectivity index is 1.58. The molecule has 0 spiro atoms. The lowest BCUT2D eigenvalue weighted by molar-refractivity contribution is -0.126. The second kappa shape index (κ2) is 10.0. The highest BCUT2D eigenvalue weighted by Gasteiger charge is 2.35. The van der Waals surface area contributed by atoms with E-state index < -0.39 is 0 Å². The van der Waals surface area contributed by atoms with Crippen LogP contribution in [0.5, 0.6) is 17.2 Å². The minimum absolute atomic E-state index is 0.0561. The Morgan fingerprint density at radius 2 is 1.87 bits per heavy atom. The summed E-state index contributed by atoms with van der Waals surface area (Å²) in [6, 6.07) is 12.9. The van der Waals surface area contributed by atoms with Crippen LogP contribution in [0.1, 0.15) is 25.3 Å². The van der Waals surface area contributed by atoms with Gasteiger partial charge in [0.05, 0.1) is 26.7 Å². The molecule has 2 amide bonds. The number of rotatable bonds is 9. The van der Waals surface area contributed by atoms with Gasteiger partial charge in [0.1, 0.15) is 5.75 Å². The first kappa shape index (κ1) is 21.5. The zero-order chi connectivity index (χ0) is 21.5. The average molecular weight is 412 g/mol. The van der Waals surface area contributed by atoms with E-state index >= 15 is 0 Å². The molecule has 7 heteroatoms. The Labute approximate surface area is 176 Å². The Hall–Kier alpha value is -3.22. The van der Waals surface area contributed by atoms with Gasteiger partial charge in [-0.3, -0.25) is 9.59 Å². The molecule has 3 rings (SSSR count). The van der Waals surface area contributed by atoms with Crippen LogP contribution in [0.3, 0.4) is 0 Å². The van der Waals surface area contributed by atoms with Crippen molar-refractivity contribution in [2.24, 2.45) is 5.92 Å². The molecule has 0 saturated carbocycles. The highest BCUT2D eigenvalue weighted by molar-refractivity contribution is 6.00. The smallest absolute Gasteiger partial charge is 0.227 e. The van der Waals surface area contributed by atoms with Crippen LogP contribution in [0.25, 0.3) is 0 Å². The van der Waals surface area contributed by atoms with E-state index in [2.05, 4.69) is 5.32 Å². The zero-order valence-corrected chi connectivity index (χ0v) is 17.6. The molecule has 0 bridgehead atoms. The zero-order valence-electron chi connectivity index (χ0n) is 17.6. The van der Waals surface area contributed by atoms with E-state index in [-0.39, 0.29) is 24.2 Å². The van der Waals surface area contributed by atoms with Crippen molar-refractivity contribution >= 4 is 17.5 Å². The van der Waals surface area contributed by atoms with Crippen LogP contribution in [0.2, 0.25) is 0 Å². The maximum Gasteiger partial charge on any atom is 0.227 e. The van der Waals surface area contributed by atoms with E-state index in [0.29, 0.717) is 31.2 Å². The van der Waals surface area contributed by atoms with Crippen LogP contribution in [0, 0.1) is 5.92 Å². The Kier molecular flexibility index (Phi) is 7.17. The minimum atomic E-state index is -0.381. The van der Waals surface area contributed by atoms with Crippen LogP contribution < -0.4 is 24.4 Å². The van der Waals surface area contributed by atoms with Crippen molar-refractivity contribution in [3.05, 3.63) is 48.0 Å². The molecule has 1 N–H and O–H groups in total. The number of ether oxygens (including phenoxy) is 3. The summed E-state index contributed by atoms with van der Waals surface area (Å²) in [5, 5.41) is 2.93. The number of benzene rings is 2. The minimum Gasteiger partial charge on any atom is -0.497 e. The number of nitrogens with zero attached hydrogens (tertiary/aromatic N) is 1. The van der Waals surface area contributed by atoms with E-state index in [1.54, 1.807) is 31.3 Å². The molecule has 1 unspecified atom stereocenters. The van der Waals surface area contributed by atoms with Gasteiger partial charge in [0.2, 0.25) is 11.8 Å². The lowest BCUT2D eigenvalue weighted by atomic mass is 10.1. The van der Waals surface area contributed by atoms with E-state index in [9.17, 15) is 9.59 Å². The number of amides is 2. The van der Waals surface area contributed by atoms with E-state index in [4.69, 9.17) is 14.2 Å². The molecule has 0 radical (unpaired) electrons. The number of anilines is 1. The molecular weight excluding hydrogens is 384 g/mol. The van der Waals surface area contributed by atoms with Gasteiger partial charge >= 0.3 is 0 Å². The Morgan fingerprint density at radius 3 is 2.53 bits per heavy atom. The fourth-order valence-electron chi connectivity index (χ4n) is 3.38. The molecule has 30 heavy (non-hydrogen) atoms. The number of methoxy groups -OCH3 is 2. The van der Waals surface area contributed by atoms with Gasteiger partial charge in [0.15, 0.2) is 11.5 Å². The first-order valence-electron chi connectivity index (χ1n) is 10.1. The van der Waals surface area contributed by atoms with Crippen LogP contribution >= 0.6 is 0 Å². The number of carbonyl (C=O) groups excluding carboxylic acids is 2. The van der Waals surface area contributed by atoms with Gasteiger partial charge in [-0.2, -0.15) is 0 Å². The van der Waals surface area contributed by atoms with Crippen LogP contribution in [0.15, 0.2) is 42.5 Å². The standard InChI is InChI=1S/C23H28N2O5/c1-4-11-30-20-10-5-16(12-21(20)29-3)14-24-23(27)17-13-22(26)25(15-17)18-6-8-19(28-2)9-7-18/h5-10,12,17H,4,11,13-15H2,1-3H3,(H,24,27). The molecule has 1 aliphatic rings. The van der Waals surface area contributed by atoms with Crippen molar-refractivity contribution in [3.63, 3.8) is 0 Å². The highest BCUT2D eigenvalue weighted by Crippen LogP contribution is 2.29. The summed E-state index contributed by atoms with van der Waals surface area (Å²) in [4.78, 5) is 26.7. The molecule has 1 aliphatic heterocycles. The molecule has 1 atom stereocenters. The number of hydrogen-bond acceptors (Lipinski definition) is 5. The number of hydrogen-bond donors (Lipinski definition) is 1. The number of nitrogens with one attached hydrogen (secondary N) is 1. The van der Waals surface area contributed by atoms with Crippen molar-refractivity contribution in [1.82, 2.24) is 5.32 Å². The third-order valence-corrected chi connectivity index (χ3v) is 5.04. The molecule has 1 saturated heterocycles. The van der Waals surface area contributed by atoms with Crippen LogP contribution in [-0.4, -0.2) is 39.2 Å². The molecule has 7 nitrogen and oxygen atoms in total. The van der Waals surface area contributed by atoms with Gasteiger partial charge in [0.25, 0.3) is 0 Å². The molecular formula is C23H28N2O5. The predicted octanol–water partition coefficient (Wildman–Crippen LogP) is 3.16. The van der Waals surface area contributed by atoms with Crippen molar-refractivity contribution in [3.8, 4) is 17.2 Å². The van der Waals surface area contributed by atoms with E-state index in [1.165, 1.54) is 0 Å².